The number of rotatable bonds is 7. The molecule has 0 saturated heterocycles. The van der Waals surface area contributed by atoms with Gasteiger partial charge in [0, 0.05) is 42.2 Å². The maximum atomic E-state index is 14.7. The van der Waals surface area contributed by atoms with Crippen LogP contribution in [0, 0.1) is 37.1 Å². The Morgan fingerprint density at radius 2 is 1.84 bits per heavy atom. The molecule has 0 fully saturated rings. The lowest BCUT2D eigenvalue weighted by Gasteiger charge is -2.36. The number of carbonyl (C=O) groups is 2. The maximum absolute atomic E-state index is 14.7. The van der Waals surface area contributed by atoms with Crippen molar-refractivity contribution < 1.29 is 42.1 Å². The Morgan fingerprint density at radius 3 is 2.49 bits per heavy atom. The quantitative estimate of drug-likeness (QED) is 0.381. The highest BCUT2D eigenvalue weighted by molar-refractivity contribution is 6.04. The van der Waals surface area contributed by atoms with E-state index in [1.807, 2.05) is 26.0 Å². The number of dihydropyridines is 1. The van der Waals surface area contributed by atoms with Crippen molar-refractivity contribution in [1.29, 1.82) is 0 Å². The zero-order chi connectivity index (χ0) is 27.0. The fraction of sp³-hybridized carbons (Fsp3) is 0.308. The number of hydrogen-bond donors (Lipinski definition) is 3. The van der Waals surface area contributed by atoms with Crippen LogP contribution < -0.4 is 10.1 Å². The first-order chi connectivity index (χ1) is 17.5. The Bertz CT molecular complexity index is 1310. The summed E-state index contributed by atoms with van der Waals surface area (Å²) in [7, 11) is 0. The summed E-state index contributed by atoms with van der Waals surface area (Å²) < 4.78 is 62.9. The van der Waals surface area contributed by atoms with Crippen LogP contribution in [-0.2, 0) is 9.59 Å². The monoisotopic (exact) mass is 520 g/mol. The second kappa shape index (κ2) is 10.3. The van der Waals surface area contributed by atoms with Crippen LogP contribution in [0.4, 0.5) is 17.6 Å². The normalized spacial score (nSPS) is 18.7. The van der Waals surface area contributed by atoms with Crippen LogP contribution in [0.1, 0.15) is 22.6 Å². The van der Waals surface area contributed by atoms with Gasteiger partial charge >= 0.3 is 5.97 Å². The first-order valence-corrected chi connectivity index (χ1v) is 11.4. The molecule has 2 aliphatic heterocycles. The average Bonchev–Trinajstić information content (AvgIpc) is 2.83. The van der Waals surface area contributed by atoms with E-state index in [1.165, 1.54) is 0 Å². The molecule has 0 aromatic heterocycles. The molecule has 2 aromatic rings. The van der Waals surface area contributed by atoms with Gasteiger partial charge < -0.3 is 20.3 Å². The number of carbonyl (C=O) groups excluding carboxylic acids is 1. The first kappa shape index (κ1) is 26.4. The number of carboxylic acids is 1. The van der Waals surface area contributed by atoms with E-state index in [-0.39, 0.29) is 43.6 Å². The third kappa shape index (κ3) is 5.09. The number of β-amino-alcohol motifs (C(OH)–C–C–N with tert-alkyl or cyclic N) is 1. The molecule has 0 aliphatic carbocycles. The number of aliphatic hydroxyl groups excluding tert-OH is 1. The Labute approximate surface area is 209 Å². The molecule has 37 heavy (non-hydrogen) atoms. The number of nitrogens with zero attached hydrogens (tertiary/aromatic N) is 1. The minimum absolute atomic E-state index is 0.00739. The number of aliphatic hydroxyl groups is 1. The SMILES string of the molecule is Cc1cccc(OCC(O)CN2CC(=O)C3=C(C2)NC=C(C(=O)O)C3c2c(F)c(F)cc(F)c2F)c1C. The lowest BCUT2D eigenvalue weighted by molar-refractivity contribution is -0.133. The maximum Gasteiger partial charge on any atom is 0.334 e. The van der Waals surface area contributed by atoms with Gasteiger partial charge in [0.15, 0.2) is 29.1 Å². The number of ether oxygens (including phenoxy) is 1. The van der Waals surface area contributed by atoms with E-state index in [4.69, 9.17) is 4.74 Å². The van der Waals surface area contributed by atoms with Crippen molar-refractivity contribution in [2.75, 3.05) is 26.2 Å². The molecule has 0 bridgehead atoms. The molecule has 4 rings (SSSR count). The van der Waals surface area contributed by atoms with E-state index in [0.717, 1.165) is 17.3 Å². The second-order valence-corrected chi connectivity index (χ2v) is 9.01. The summed E-state index contributed by atoms with van der Waals surface area (Å²) >= 11 is 0. The summed E-state index contributed by atoms with van der Waals surface area (Å²) in [5.41, 5.74) is -0.0955. The third-order valence-electron chi connectivity index (χ3n) is 6.51. The zero-order valence-electron chi connectivity index (χ0n) is 19.9. The van der Waals surface area contributed by atoms with Gasteiger partial charge in [-0.25, -0.2) is 22.4 Å². The number of nitrogens with one attached hydrogen (secondary N) is 1. The summed E-state index contributed by atoms with van der Waals surface area (Å²) in [5.74, 6) is -10.6. The molecule has 0 amide bonds. The van der Waals surface area contributed by atoms with E-state index >= 15 is 0 Å². The Balaban J connectivity index is 1.58. The summed E-state index contributed by atoms with van der Waals surface area (Å²) in [4.78, 5) is 26.5. The third-order valence-corrected chi connectivity index (χ3v) is 6.51. The highest BCUT2D eigenvalue weighted by atomic mass is 19.2. The lowest BCUT2D eigenvalue weighted by Crippen LogP contribution is -2.47. The van der Waals surface area contributed by atoms with E-state index in [9.17, 15) is 37.4 Å². The number of Topliss-reactive ketones (excluding diaryl/α,β-unsaturated/α-hetero) is 1. The highest BCUT2D eigenvalue weighted by Crippen LogP contribution is 2.41. The minimum atomic E-state index is -1.87. The number of carboxylic acid groups (broad SMARTS) is 1. The molecule has 2 unspecified atom stereocenters. The minimum Gasteiger partial charge on any atom is -0.491 e. The van der Waals surface area contributed by atoms with E-state index in [2.05, 4.69) is 5.32 Å². The Kier molecular flexibility index (Phi) is 7.37. The summed E-state index contributed by atoms with van der Waals surface area (Å²) in [6, 6.07) is 5.53. The number of halogens is 4. The van der Waals surface area contributed by atoms with E-state index in [1.54, 1.807) is 11.0 Å². The lowest BCUT2D eigenvalue weighted by atomic mass is 9.78. The van der Waals surface area contributed by atoms with Crippen molar-refractivity contribution in [2.45, 2.75) is 25.9 Å². The van der Waals surface area contributed by atoms with Crippen molar-refractivity contribution in [1.82, 2.24) is 10.2 Å². The van der Waals surface area contributed by atoms with Gasteiger partial charge in [-0.3, -0.25) is 9.69 Å². The van der Waals surface area contributed by atoms with Crippen molar-refractivity contribution in [3.05, 3.63) is 87.3 Å². The fourth-order valence-electron chi connectivity index (χ4n) is 4.56. The number of benzene rings is 2. The fourth-order valence-corrected chi connectivity index (χ4v) is 4.56. The average molecular weight is 520 g/mol. The van der Waals surface area contributed by atoms with Crippen molar-refractivity contribution in [2.24, 2.45) is 0 Å². The molecule has 2 aliphatic rings. The molecular weight excluding hydrogens is 496 g/mol. The molecule has 2 atom stereocenters. The first-order valence-electron chi connectivity index (χ1n) is 11.4. The molecule has 2 aromatic carbocycles. The van der Waals surface area contributed by atoms with Gasteiger partial charge in [0.1, 0.15) is 18.5 Å². The largest absolute Gasteiger partial charge is 0.491 e. The smallest absolute Gasteiger partial charge is 0.334 e. The highest BCUT2D eigenvalue weighted by Gasteiger charge is 2.42. The van der Waals surface area contributed by atoms with Gasteiger partial charge in [-0.15, -0.1) is 0 Å². The van der Waals surface area contributed by atoms with Crippen LogP contribution >= 0.6 is 0 Å². The van der Waals surface area contributed by atoms with Crippen LogP contribution in [0.2, 0.25) is 0 Å². The molecule has 196 valence electrons. The topological polar surface area (TPSA) is 99.1 Å². The van der Waals surface area contributed by atoms with Crippen molar-refractivity contribution in [3.63, 3.8) is 0 Å². The number of aryl methyl sites for hydroxylation is 1. The van der Waals surface area contributed by atoms with Crippen molar-refractivity contribution in [3.8, 4) is 5.75 Å². The van der Waals surface area contributed by atoms with Gasteiger partial charge in [0.05, 0.1) is 18.0 Å². The molecule has 0 radical (unpaired) electrons. The van der Waals surface area contributed by atoms with Gasteiger partial charge in [0.2, 0.25) is 0 Å². The van der Waals surface area contributed by atoms with E-state index in [0.29, 0.717) is 5.75 Å². The van der Waals surface area contributed by atoms with Crippen LogP contribution in [-0.4, -0.2) is 59.2 Å². The van der Waals surface area contributed by atoms with Crippen LogP contribution in [0.15, 0.2) is 47.3 Å². The van der Waals surface area contributed by atoms with Gasteiger partial charge in [0.25, 0.3) is 0 Å². The predicted octanol–water partition coefficient (Wildman–Crippen LogP) is 3.09. The zero-order valence-corrected chi connectivity index (χ0v) is 19.9. The Hall–Kier alpha value is -3.70. The number of aliphatic carboxylic acids is 1. The number of hydrogen-bond acceptors (Lipinski definition) is 6. The molecule has 0 spiro atoms. The second-order valence-electron chi connectivity index (χ2n) is 9.01. The summed E-state index contributed by atoms with van der Waals surface area (Å²) in [6.45, 7) is 3.38. The Morgan fingerprint density at radius 1 is 1.16 bits per heavy atom. The van der Waals surface area contributed by atoms with Gasteiger partial charge in [-0.05, 0) is 31.0 Å². The van der Waals surface area contributed by atoms with Crippen LogP contribution in [0.3, 0.4) is 0 Å². The van der Waals surface area contributed by atoms with E-state index < -0.39 is 58.2 Å². The molecule has 11 heteroatoms. The van der Waals surface area contributed by atoms with Gasteiger partial charge in [-0.2, -0.15) is 0 Å². The standard InChI is InChI=1S/C26H24F4N2O5/c1-12-4-3-5-20(13(12)2)37-11-14(33)8-32-9-18-22(19(34)10-32)21(15(7-31-18)26(35)36)23-24(29)16(27)6-17(28)25(23)30/h3-7,14,21,31,33H,8-11H2,1-2H3,(H,35,36). The predicted molar refractivity (Wildman–Crippen MR) is 124 cm³/mol. The molecule has 2 heterocycles. The summed E-state index contributed by atoms with van der Waals surface area (Å²) in [5, 5.41) is 22.7. The summed E-state index contributed by atoms with van der Waals surface area (Å²) in [6.07, 6.45) is -0.0729. The van der Waals surface area contributed by atoms with Gasteiger partial charge in [-0.1, -0.05) is 12.1 Å². The molecule has 7 nitrogen and oxygen atoms in total. The number of ketones is 1. The molecule has 0 saturated carbocycles. The van der Waals surface area contributed by atoms with Crippen LogP contribution in [0.25, 0.3) is 0 Å². The van der Waals surface area contributed by atoms with Crippen molar-refractivity contribution >= 4 is 11.8 Å². The molecule has 3 N–H and O–H groups in total. The van der Waals surface area contributed by atoms with Crippen LogP contribution in [0.5, 0.6) is 5.75 Å². The molecular formula is C26H24F4N2O5.